The minimum Gasteiger partial charge on any atom is -0.481 e. The molecule has 0 saturated carbocycles. The van der Waals surface area contributed by atoms with Gasteiger partial charge in [-0.1, -0.05) is 53.5 Å². The first kappa shape index (κ1) is 35.3. The zero-order valence-electron chi connectivity index (χ0n) is 29.0. The molecule has 0 radical (unpaired) electrons. The molecule has 2 aliphatic heterocycles. The van der Waals surface area contributed by atoms with E-state index in [9.17, 15) is 20.3 Å². The number of methoxy groups -OCH3 is 1. The van der Waals surface area contributed by atoms with Crippen molar-refractivity contribution in [2.45, 2.75) is 51.0 Å². The number of carbonyl (C=O) groups is 1. The minimum absolute atomic E-state index is 0.285. The first-order valence-corrected chi connectivity index (χ1v) is 18.4. The average molecular weight is 755 g/mol. The summed E-state index contributed by atoms with van der Waals surface area (Å²) < 4.78 is 18.3. The van der Waals surface area contributed by atoms with E-state index in [0.717, 1.165) is 59.2 Å². The number of hydrogen-bond donors (Lipinski definition) is 2. The first-order chi connectivity index (χ1) is 25.7. The summed E-state index contributed by atoms with van der Waals surface area (Å²) in [6, 6.07) is 19.6. The van der Waals surface area contributed by atoms with Crippen molar-refractivity contribution in [2.75, 3.05) is 33.3 Å². The quantitative estimate of drug-likeness (QED) is 0.148. The van der Waals surface area contributed by atoms with Gasteiger partial charge in [-0.3, -0.25) is 14.6 Å². The monoisotopic (exact) mass is 753 g/mol. The van der Waals surface area contributed by atoms with Crippen LogP contribution in [0.1, 0.15) is 53.2 Å². The molecule has 3 aliphatic rings. The van der Waals surface area contributed by atoms with E-state index in [1.807, 2.05) is 42.5 Å². The maximum absolute atomic E-state index is 11.5. The summed E-state index contributed by atoms with van der Waals surface area (Å²) in [5.41, 5.74) is 7.52. The van der Waals surface area contributed by atoms with E-state index in [0.29, 0.717) is 89.1 Å². The molecular formula is C40H37Cl2N5O6. The van der Waals surface area contributed by atoms with E-state index in [4.69, 9.17) is 42.1 Å². The highest BCUT2D eigenvalue weighted by molar-refractivity contribution is 6.36. The molecule has 3 atom stereocenters. The predicted molar refractivity (Wildman–Crippen MR) is 199 cm³/mol. The van der Waals surface area contributed by atoms with Crippen molar-refractivity contribution in [3.8, 4) is 40.4 Å². The van der Waals surface area contributed by atoms with E-state index in [1.165, 1.54) is 0 Å². The average Bonchev–Trinajstić information content (AvgIpc) is 3.96. The van der Waals surface area contributed by atoms with Gasteiger partial charge < -0.3 is 24.1 Å². The topological polar surface area (TPSA) is 145 Å². The van der Waals surface area contributed by atoms with Crippen LogP contribution in [0.5, 0.6) is 11.8 Å². The molecule has 2 fully saturated rings. The molecule has 0 spiro atoms. The Bertz CT molecular complexity index is 2270. The van der Waals surface area contributed by atoms with Gasteiger partial charge in [-0.25, -0.2) is 4.98 Å². The minimum atomic E-state index is -0.782. The van der Waals surface area contributed by atoms with Crippen molar-refractivity contribution in [3.05, 3.63) is 92.5 Å². The number of pyridine rings is 1. The third-order valence-corrected chi connectivity index (χ3v) is 11.2. The number of aliphatic hydroxyl groups is 1. The van der Waals surface area contributed by atoms with Gasteiger partial charge in [-0.2, -0.15) is 10.2 Å². The largest absolute Gasteiger partial charge is 0.481 e. The molecule has 0 unspecified atom stereocenters. The Labute approximate surface area is 316 Å². The summed E-state index contributed by atoms with van der Waals surface area (Å²) in [5.74, 6) is -0.113. The zero-order chi connectivity index (χ0) is 36.8. The number of aliphatic carboxylic acids is 1. The van der Waals surface area contributed by atoms with Crippen LogP contribution in [0.2, 0.25) is 10.0 Å². The van der Waals surface area contributed by atoms with Gasteiger partial charge >= 0.3 is 5.97 Å². The lowest BCUT2D eigenvalue weighted by Crippen LogP contribution is -2.22. The number of rotatable bonds is 10. The number of carboxylic acid groups (broad SMARTS) is 1. The Hall–Kier alpha value is -4.70. The number of likely N-dealkylation sites (tertiary alicyclic amines) is 2. The number of nitrogens with zero attached hydrogens (tertiary/aromatic N) is 5. The van der Waals surface area contributed by atoms with Gasteiger partial charge in [0.05, 0.1) is 35.3 Å². The van der Waals surface area contributed by atoms with Crippen molar-refractivity contribution >= 4 is 40.3 Å². The van der Waals surface area contributed by atoms with E-state index in [1.54, 1.807) is 13.2 Å². The number of aromatic nitrogens is 2. The van der Waals surface area contributed by atoms with Gasteiger partial charge in [0.2, 0.25) is 17.7 Å². The normalized spacial score (nSPS) is 20.2. The number of β-amino-alcohol motifs (C(OH)–C–C–N with tert-alkyl or cyclic N) is 1. The molecule has 272 valence electrons. The SMILES string of the molecule is COc1nc(O[C@@H]2CCc3c(-c4cccc(-c5nc6cc(CN7CC[C@@H](C(=O)O)C7)cc(C#N)c6o5)c4Cl)cccc32)c(Cl)cc1CN1CC[C@@H](O)C1. The fourth-order valence-electron chi connectivity index (χ4n) is 7.91. The number of halogens is 2. The maximum atomic E-state index is 11.5. The predicted octanol–water partition coefficient (Wildman–Crippen LogP) is 7.28. The molecular weight excluding hydrogens is 717 g/mol. The highest BCUT2D eigenvalue weighted by Crippen LogP contribution is 2.45. The van der Waals surface area contributed by atoms with Crippen molar-refractivity contribution in [1.29, 1.82) is 5.26 Å². The Morgan fingerprint density at radius 2 is 1.75 bits per heavy atom. The van der Waals surface area contributed by atoms with Crippen LogP contribution in [-0.4, -0.2) is 75.3 Å². The first-order valence-electron chi connectivity index (χ1n) is 17.7. The molecule has 3 aromatic carbocycles. The van der Waals surface area contributed by atoms with Crippen molar-refractivity contribution in [3.63, 3.8) is 0 Å². The lowest BCUT2D eigenvalue weighted by molar-refractivity contribution is -0.141. The fourth-order valence-corrected chi connectivity index (χ4v) is 8.44. The van der Waals surface area contributed by atoms with Crippen molar-refractivity contribution in [1.82, 2.24) is 19.8 Å². The van der Waals surface area contributed by atoms with Crippen LogP contribution >= 0.6 is 23.2 Å². The highest BCUT2D eigenvalue weighted by atomic mass is 35.5. The number of carboxylic acids is 1. The van der Waals surface area contributed by atoms with Gasteiger partial charge in [-0.15, -0.1) is 0 Å². The Morgan fingerprint density at radius 1 is 0.981 bits per heavy atom. The van der Waals surface area contributed by atoms with Crippen LogP contribution in [0.25, 0.3) is 33.7 Å². The fraction of sp³-hybridized carbons (Fsp3) is 0.350. The Morgan fingerprint density at radius 3 is 2.51 bits per heavy atom. The second-order valence-corrected chi connectivity index (χ2v) is 14.8. The standard InChI is InChI=1S/C40H37Cl2N5O6/c1-51-37-25(20-47-13-11-26(48)21-47)16-32(41)39(45-37)52-34-9-8-28-27(4-2-5-29(28)34)30-6-3-7-31(35(30)42)38-44-33-15-22(14-24(17-43)36(33)53-38)18-46-12-10-23(19-46)40(49)50/h2-7,14-16,23,26,34,48H,8-13,18-21H2,1H3,(H,49,50)/t23-,26-,34-/m1/s1. The molecule has 8 rings (SSSR count). The number of oxazole rings is 1. The van der Waals surface area contributed by atoms with Gasteiger partial charge in [0, 0.05) is 43.9 Å². The van der Waals surface area contributed by atoms with Crippen LogP contribution in [0.15, 0.2) is 59.0 Å². The van der Waals surface area contributed by atoms with Crippen LogP contribution in [0.3, 0.4) is 0 Å². The van der Waals surface area contributed by atoms with Gasteiger partial charge in [0.1, 0.15) is 22.7 Å². The molecule has 1 aliphatic carbocycles. The number of nitriles is 1. The third-order valence-electron chi connectivity index (χ3n) is 10.5. The molecule has 0 bridgehead atoms. The summed E-state index contributed by atoms with van der Waals surface area (Å²) in [5, 5.41) is 30.2. The Balaban J connectivity index is 1.05. The highest BCUT2D eigenvalue weighted by Gasteiger charge is 2.31. The van der Waals surface area contributed by atoms with Crippen molar-refractivity contribution in [2.24, 2.45) is 5.92 Å². The van der Waals surface area contributed by atoms with Crippen molar-refractivity contribution < 1.29 is 28.9 Å². The molecule has 11 nitrogen and oxygen atoms in total. The number of benzene rings is 3. The summed E-state index contributed by atoms with van der Waals surface area (Å²) in [6.07, 6.45) is 2.20. The molecule has 4 heterocycles. The van der Waals surface area contributed by atoms with Gasteiger partial charge in [-0.05, 0) is 78.7 Å². The molecule has 2 N–H and O–H groups in total. The van der Waals surface area contributed by atoms with E-state index < -0.39 is 5.97 Å². The third kappa shape index (κ3) is 6.94. The van der Waals surface area contributed by atoms with Gasteiger partial charge in [0.25, 0.3) is 0 Å². The summed E-state index contributed by atoms with van der Waals surface area (Å²) >= 11 is 13.9. The van der Waals surface area contributed by atoms with Crippen LogP contribution in [-0.2, 0) is 24.3 Å². The lowest BCUT2D eigenvalue weighted by Gasteiger charge is -2.20. The number of hydrogen-bond acceptors (Lipinski definition) is 10. The van der Waals surface area contributed by atoms with Gasteiger partial charge in [0.15, 0.2) is 5.58 Å². The van der Waals surface area contributed by atoms with Crippen LogP contribution < -0.4 is 9.47 Å². The van der Waals surface area contributed by atoms with Crippen LogP contribution in [0, 0.1) is 17.2 Å². The number of aliphatic hydroxyl groups excluding tert-OH is 1. The Kier molecular flexibility index (Phi) is 9.74. The maximum Gasteiger partial charge on any atom is 0.307 e. The zero-order valence-corrected chi connectivity index (χ0v) is 30.5. The smallest absolute Gasteiger partial charge is 0.307 e. The molecule has 0 amide bonds. The molecule has 13 heteroatoms. The number of fused-ring (bicyclic) bond motifs is 2. The molecule has 2 aromatic heterocycles. The van der Waals surface area contributed by atoms with Crippen LogP contribution in [0.4, 0.5) is 0 Å². The lowest BCUT2D eigenvalue weighted by atomic mass is 9.95. The van der Waals surface area contributed by atoms with E-state index in [2.05, 4.69) is 26.9 Å². The molecule has 5 aromatic rings. The summed E-state index contributed by atoms with van der Waals surface area (Å²) in [7, 11) is 1.58. The summed E-state index contributed by atoms with van der Waals surface area (Å²) in [6.45, 7) is 3.63. The second kappa shape index (κ2) is 14.6. The molecule has 53 heavy (non-hydrogen) atoms. The number of ether oxygens (including phenoxy) is 2. The molecule has 2 saturated heterocycles. The summed E-state index contributed by atoms with van der Waals surface area (Å²) in [4.78, 5) is 25.1. The van der Waals surface area contributed by atoms with E-state index >= 15 is 0 Å². The van der Waals surface area contributed by atoms with E-state index in [-0.39, 0.29) is 18.1 Å². The second-order valence-electron chi connectivity index (χ2n) is 14.0.